The van der Waals surface area contributed by atoms with E-state index in [0.29, 0.717) is 17.2 Å². The number of benzene rings is 5. The molecule has 1 aliphatic heterocycles. The molecule has 11 nitrogen and oxygen atoms in total. The Morgan fingerprint density at radius 1 is 0.862 bits per heavy atom. The summed E-state index contributed by atoms with van der Waals surface area (Å²) < 4.78 is 28.9. The van der Waals surface area contributed by atoms with E-state index < -0.39 is 31.4 Å². The zero-order chi connectivity index (χ0) is 40.5. The minimum absolute atomic E-state index is 0.145. The van der Waals surface area contributed by atoms with E-state index in [9.17, 15) is 23.3 Å². The molecule has 1 atom stereocenters. The summed E-state index contributed by atoms with van der Waals surface area (Å²) in [6.07, 6.45) is 3.95. The van der Waals surface area contributed by atoms with E-state index in [2.05, 4.69) is 43.0 Å². The quantitative estimate of drug-likeness (QED) is 0.0588. The molecular weight excluding hydrogens is 792 g/mol. The monoisotopic (exact) mass is 832 g/mol. The molecule has 1 fully saturated rings. The molecule has 1 amide bonds. The van der Waals surface area contributed by atoms with Crippen LogP contribution in [0.1, 0.15) is 21.5 Å². The molecule has 0 unspecified atom stereocenters. The van der Waals surface area contributed by atoms with Gasteiger partial charge >= 0.3 is 0 Å². The number of hydrogen-bond acceptors (Lipinski definition) is 10. The number of pyridine rings is 1. The Balaban J connectivity index is 0.971. The molecule has 1 aliphatic rings. The highest BCUT2D eigenvalue weighted by molar-refractivity contribution is 7.99. The van der Waals surface area contributed by atoms with Crippen molar-refractivity contribution < 1.29 is 18.1 Å². The average Bonchev–Trinajstić information content (AvgIpc) is 3.24. The van der Waals surface area contributed by atoms with Gasteiger partial charge in [0.15, 0.2) is 0 Å². The van der Waals surface area contributed by atoms with Gasteiger partial charge in [-0.15, -0.1) is 11.8 Å². The van der Waals surface area contributed by atoms with Crippen molar-refractivity contribution in [3.63, 3.8) is 0 Å². The number of carbonyl (C=O) groups excluding carboxylic acids is 1. The van der Waals surface area contributed by atoms with Crippen LogP contribution >= 0.6 is 23.4 Å². The maximum Gasteiger partial charge on any atom is 0.293 e. The van der Waals surface area contributed by atoms with Gasteiger partial charge in [-0.1, -0.05) is 72.3 Å². The predicted molar refractivity (Wildman–Crippen MR) is 231 cm³/mol. The van der Waals surface area contributed by atoms with Gasteiger partial charge in [0.1, 0.15) is 5.69 Å². The summed E-state index contributed by atoms with van der Waals surface area (Å²) in [4.78, 5) is 34.3. The van der Waals surface area contributed by atoms with Crippen LogP contribution in [-0.2, 0) is 23.0 Å². The van der Waals surface area contributed by atoms with Crippen molar-refractivity contribution in [3.8, 4) is 11.1 Å². The van der Waals surface area contributed by atoms with E-state index in [1.807, 2.05) is 72.8 Å². The van der Waals surface area contributed by atoms with Gasteiger partial charge in [-0.25, -0.2) is 13.1 Å². The molecule has 296 valence electrons. The highest BCUT2D eigenvalue weighted by Crippen LogP contribution is 2.31. The first-order valence-electron chi connectivity index (χ1n) is 18.7. The fraction of sp³-hybridized carbons (Fsp3) is 0.182. The van der Waals surface area contributed by atoms with Crippen molar-refractivity contribution in [1.29, 1.82) is 0 Å². The van der Waals surface area contributed by atoms with Crippen LogP contribution in [0.5, 0.6) is 0 Å². The third-order valence-electron chi connectivity index (χ3n) is 9.90. The Labute approximate surface area is 347 Å². The Morgan fingerprint density at radius 3 is 2.29 bits per heavy atom. The van der Waals surface area contributed by atoms with E-state index >= 15 is 0 Å². The molecule has 2 heterocycles. The number of amides is 1. The molecule has 7 rings (SSSR count). The average molecular weight is 833 g/mol. The zero-order valence-corrected chi connectivity index (χ0v) is 33.8. The lowest BCUT2D eigenvalue weighted by molar-refractivity contribution is -0.384. The van der Waals surface area contributed by atoms with Crippen molar-refractivity contribution in [2.24, 2.45) is 0 Å². The summed E-state index contributed by atoms with van der Waals surface area (Å²) in [6.45, 7) is 4.05. The minimum Gasteiger partial charge on any atom is -0.376 e. The Morgan fingerprint density at radius 2 is 1.59 bits per heavy atom. The van der Waals surface area contributed by atoms with Gasteiger partial charge < -0.3 is 10.2 Å². The summed E-state index contributed by atoms with van der Waals surface area (Å²) in [6, 6.07) is 39.9. The molecule has 1 saturated heterocycles. The number of halogens is 1. The number of hydrogen-bond donors (Lipinski definition) is 2. The standard InChI is InChI=1S/C44H41ClN6O5S2/c45-36-16-12-33(13-17-36)41-11-5-4-8-35(41)30-49-23-25-50(26-24-49)38-18-14-34(15-19-38)44(52)48-58(55,56)40-20-21-42(43(28-40)51(53)54)47-37(27-32-7-6-22-46-29-32)31-57-39-9-2-1-3-10-39/h1-22,28-29,37,47H,23-27,30-31H2,(H,48,52)/t37-/m1/s1. The largest absolute Gasteiger partial charge is 0.376 e. The van der Waals surface area contributed by atoms with E-state index in [4.69, 9.17) is 11.6 Å². The number of aromatic nitrogens is 1. The highest BCUT2D eigenvalue weighted by Gasteiger charge is 2.26. The molecule has 0 bridgehead atoms. The number of anilines is 2. The summed E-state index contributed by atoms with van der Waals surface area (Å²) >= 11 is 7.72. The van der Waals surface area contributed by atoms with Crippen molar-refractivity contribution >= 4 is 56.4 Å². The van der Waals surface area contributed by atoms with Crippen molar-refractivity contribution in [2.75, 3.05) is 42.1 Å². The molecule has 0 spiro atoms. The van der Waals surface area contributed by atoms with Gasteiger partial charge in [0.05, 0.1) is 9.82 Å². The van der Waals surface area contributed by atoms with Crippen LogP contribution in [0.3, 0.4) is 0 Å². The second-order valence-corrected chi connectivity index (χ2v) is 17.1. The number of nitrogens with one attached hydrogen (secondary N) is 2. The molecule has 5 aromatic carbocycles. The van der Waals surface area contributed by atoms with Crippen LogP contribution in [-0.4, -0.2) is 67.1 Å². The van der Waals surface area contributed by atoms with Crippen LogP contribution in [0.15, 0.2) is 156 Å². The summed E-state index contributed by atoms with van der Waals surface area (Å²) in [7, 11) is -4.46. The minimum atomic E-state index is -4.46. The maximum absolute atomic E-state index is 13.4. The lowest BCUT2D eigenvalue weighted by Gasteiger charge is -2.36. The van der Waals surface area contributed by atoms with Gasteiger partial charge in [-0.3, -0.25) is 24.8 Å². The molecule has 0 saturated carbocycles. The van der Waals surface area contributed by atoms with Gasteiger partial charge in [0.2, 0.25) is 0 Å². The summed E-state index contributed by atoms with van der Waals surface area (Å²) in [5.74, 6) is -0.266. The zero-order valence-electron chi connectivity index (χ0n) is 31.4. The number of carbonyl (C=O) groups is 1. The number of thioether (sulfide) groups is 1. The van der Waals surface area contributed by atoms with Crippen molar-refractivity contribution in [3.05, 3.63) is 178 Å². The third-order valence-corrected chi connectivity index (χ3v) is 12.7. The van der Waals surface area contributed by atoms with Crippen molar-refractivity contribution in [1.82, 2.24) is 14.6 Å². The van der Waals surface area contributed by atoms with Crippen LogP contribution < -0.4 is 14.9 Å². The molecule has 0 radical (unpaired) electrons. The normalized spacial score (nSPS) is 13.8. The summed E-state index contributed by atoms with van der Waals surface area (Å²) in [5, 5.41) is 16.2. The van der Waals surface area contributed by atoms with Crippen molar-refractivity contribution in [2.45, 2.75) is 28.8 Å². The number of nitro benzene ring substituents is 1. The molecule has 0 aliphatic carbocycles. The smallest absolute Gasteiger partial charge is 0.293 e. The van der Waals surface area contributed by atoms with Crippen LogP contribution in [0.25, 0.3) is 11.1 Å². The fourth-order valence-corrected chi connectivity index (χ4v) is 8.94. The number of nitrogens with zero attached hydrogens (tertiary/aromatic N) is 4. The van der Waals surface area contributed by atoms with E-state index in [1.54, 1.807) is 48.4 Å². The van der Waals surface area contributed by atoms with E-state index in [-0.39, 0.29) is 17.3 Å². The SMILES string of the molecule is O=C(NS(=O)(=O)c1ccc(N[C@@H](CSc2ccccc2)Cc2cccnc2)c([N+](=O)[O-])c1)c1ccc(N2CCN(Cc3ccccc3-c3ccc(Cl)cc3)CC2)cc1. The van der Waals surface area contributed by atoms with Crippen LogP contribution in [0, 0.1) is 10.1 Å². The molecule has 2 N–H and O–H groups in total. The molecule has 6 aromatic rings. The summed E-state index contributed by atoms with van der Waals surface area (Å²) in [5.41, 5.74) is 5.29. The molecular formula is C44H41ClN6O5S2. The first kappa shape index (κ1) is 40.5. The number of nitro groups is 1. The van der Waals surface area contributed by atoms with Gasteiger partial charge in [0.25, 0.3) is 21.6 Å². The lowest BCUT2D eigenvalue weighted by atomic mass is 9.99. The lowest BCUT2D eigenvalue weighted by Crippen LogP contribution is -2.46. The van der Waals surface area contributed by atoms with Gasteiger partial charge in [-0.05, 0) is 95.4 Å². The number of piperazine rings is 1. The van der Waals surface area contributed by atoms with Crippen LogP contribution in [0.2, 0.25) is 5.02 Å². The maximum atomic E-state index is 13.4. The first-order valence-corrected chi connectivity index (χ1v) is 21.6. The molecule has 1 aromatic heterocycles. The van der Waals surface area contributed by atoms with Gasteiger partial charge in [0, 0.05) is 84.1 Å². The van der Waals surface area contributed by atoms with E-state index in [0.717, 1.165) is 60.5 Å². The third kappa shape index (κ3) is 10.4. The molecule has 58 heavy (non-hydrogen) atoms. The number of sulfonamides is 1. The highest BCUT2D eigenvalue weighted by atomic mass is 35.5. The Bertz CT molecular complexity index is 2450. The van der Waals surface area contributed by atoms with E-state index in [1.165, 1.54) is 23.3 Å². The predicted octanol–water partition coefficient (Wildman–Crippen LogP) is 8.57. The fourth-order valence-electron chi connectivity index (χ4n) is 6.88. The number of rotatable bonds is 15. The molecule has 14 heteroatoms. The second-order valence-electron chi connectivity index (χ2n) is 13.9. The van der Waals surface area contributed by atoms with Crippen LogP contribution in [0.4, 0.5) is 17.1 Å². The van der Waals surface area contributed by atoms with Gasteiger partial charge in [-0.2, -0.15) is 0 Å². The Kier molecular flexibility index (Phi) is 13.0. The topological polar surface area (TPSA) is 138 Å². The second kappa shape index (κ2) is 18.7. The Hall–Kier alpha value is -5.73. The first-order chi connectivity index (χ1) is 28.1.